The molecule has 10 nitrogen and oxygen atoms in total. The van der Waals surface area contributed by atoms with Crippen LogP contribution in [0.4, 0.5) is 4.39 Å². The summed E-state index contributed by atoms with van der Waals surface area (Å²) in [7, 11) is 0. The van der Waals surface area contributed by atoms with E-state index in [-0.39, 0.29) is 11.8 Å². The molecule has 6 heterocycles. The van der Waals surface area contributed by atoms with Gasteiger partial charge in [-0.1, -0.05) is 6.07 Å². The van der Waals surface area contributed by atoms with E-state index in [2.05, 4.69) is 30.2 Å². The lowest BCUT2D eigenvalue weighted by Crippen LogP contribution is -2.41. The Labute approximate surface area is 186 Å². The van der Waals surface area contributed by atoms with E-state index in [1.165, 1.54) is 10.6 Å². The number of fused-ring (bicyclic) bond motifs is 2. The fourth-order valence-corrected chi connectivity index (χ4v) is 4.13. The molecule has 0 bridgehead atoms. The van der Waals surface area contributed by atoms with E-state index in [9.17, 15) is 9.18 Å². The van der Waals surface area contributed by atoms with E-state index in [0.29, 0.717) is 35.6 Å². The zero-order valence-corrected chi connectivity index (χ0v) is 17.4. The quantitative estimate of drug-likeness (QED) is 0.455. The van der Waals surface area contributed by atoms with Crippen LogP contribution in [0.3, 0.4) is 0 Å². The summed E-state index contributed by atoms with van der Waals surface area (Å²) in [6.45, 7) is 2.22. The normalized spacial score (nSPS) is 15.7. The Hall–Kier alpha value is -4.41. The van der Waals surface area contributed by atoms with Gasteiger partial charge in [0.1, 0.15) is 23.1 Å². The van der Waals surface area contributed by atoms with Gasteiger partial charge in [-0.15, -0.1) is 10.2 Å². The van der Waals surface area contributed by atoms with Crippen molar-refractivity contribution in [3.8, 4) is 11.6 Å². The maximum absolute atomic E-state index is 14.3. The van der Waals surface area contributed by atoms with Crippen LogP contribution in [0.5, 0.6) is 0 Å². The molecule has 6 rings (SSSR count). The Balaban J connectivity index is 1.40. The number of carbonyl (C=O) groups is 1. The number of nitrogens with one attached hydrogen (secondary N) is 1. The predicted molar refractivity (Wildman–Crippen MR) is 113 cm³/mol. The molecule has 0 fully saturated rings. The number of hydrogen-bond donors (Lipinski definition) is 1. The van der Waals surface area contributed by atoms with Crippen LogP contribution in [0.2, 0.25) is 0 Å². The van der Waals surface area contributed by atoms with Gasteiger partial charge in [0.15, 0.2) is 0 Å². The van der Waals surface area contributed by atoms with Crippen molar-refractivity contribution in [1.82, 2.24) is 39.7 Å². The van der Waals surface area contributed by atoms with Crippen LogP contribution in [0.15, 0.2) is 53.3 Å². The van der Waals surface area contributed by atoms with Crippen LogP contribution in [-0.4, -0.2) is 52.1 Å². The molecule has 1 atom stereocenters. The summed E-state index contributed by atoms with van der Waals surface area (Å²) in [5.41, 5.74) is 3.63. The predicted octanol–water partition coefficient (Wildman–Crippen LogP) is 2.74. The number of hydrogen-bond acceptors (Lipinski definition) is 7. The molecule has 0 aromatic carbocycles. The number of amides is 1. The van der Waals surface area contributed by atoms with E-state index in [1.807, 2.05) is 19.1 Å². The van der Waals surface area contributed by atoms with E-state index in [4.69, 9.17) is 4.42 Å². The molecule has 0 spiro atoms. The summed E-state index contributed by atoms with van der Waals surface area (Å²) in [4.78, 5) is 26.9. The van der Waals surface area contributed by atoms with E-state index < -0.39 is 17.8 Å². The highest BCUT2D eigenvalue weighted by molar-refractivity contribution is 5.90. The molecule has 0 unspecified atom stereocenters. The Morgan fingerprint density at radius 2 is 2.15 bits per heavy atom. The molecule has 164 valence electrons. The smallest absolute Gasteiger partial charge is 0.312 e. The summed E-state index contributed by atoms with van der Waals surface area (Å²) in [5, 5.41) is 12.5. The van der Waals surface area contributed by atoms with Crippen molar-refractivity contribution in [2.45, 2.75) is 19.4 Å². The molecule has 5 aromatic rings. The highest BCUT2D eigenvalue weighted by atomic mass is 19.1. The van der Waals surface area contributed by atoms with Crippen molar-refractivity contribution in [3.63, 3.8) is 0 Å². The van der Waals surface area contributed by atoms with Crippen molar-refractivity contribution in [3.05, 3.63) is 83.4 Å². The van der Waals surface area contributed by atoms with Crippen molar-refractivity contribution >= 4 is 11.4 Å². The zero-order chi connectivity index (χ0) is 22.5. The SMILES string of the molecule is Cc1cccc(-c2nnc(C(=O)N3CCc4[nH]cnc4[C@H]3c3cc4c(F)cccn4n3)o2)n1. The van der Waals surface area contributed by atoms with Gasteiger partial charge in [0.25, 0.3) is 5.89 Å². The first kappa shape index (κ1) is 19.3. The Morgan fingerprint density at radius 3 is 3.00 bits per heavy atom. The number of nitrogens with zero attached hydrogens (tertiary/aromatic N) is 7. The second kappa shape index (κ2) is 7.33. The molecule has 1 aliphatic rings. The number of aryl methyl sites for hydroxylation is 1. The molecule has 0 aliphatic carbocycles. The number of aromatic nitrogens is 7. The fraction of sp³-hybridized carbons (Fsp3) is 0.182. The molecule has 1 N–H and O–H groups in total. The lowest BCUT2D eigenvalue weighted by atomic mass is 9.99. The molecule has 1 aliphatic heterocycles. The first-order chi connectivity index (χ1) is 16.1. The Bertz CT molecular complexity index is 1500. The third kappa shape index (κ3) is 3.16. The molecule has 33 heavy (non-hydrogen) atoms. The summed E-state index contributed by atoms with van der Waals surface area (Å²) < 4.78 is 21.4. The van der Waals surface area contributed by atoms with E-state index in [0.717, 1.165) is 11.4 Å². The third-order valence-corrected chi connectivity index (χ3v) is 5.65. The number of H-pyrrole nitrogens is 1. The van der Waals surface area contributed by atoms with Crippen LogP contribution in [0, 0.1) is 12.7 Å². The molecule has 11 heteroatoms. The monoisotopic (exact) mass is 444 g/mol. The van der Waals surface area contributed by atoms with Gasteiger partial charge in [0.05, 0.1) is 17.7 Å². The van der Waals surface area contributed by atoms with Crippen LogP contribution >= 0.6 is 0 Å². The van der Waals surface area contributed by atoms with Crippen molar-refractivity contribution in [2.75, 3.05) is 6.54 Å². The molecule has 0 saturated carbocycles. The van der Waals surface area contributed by atoms with Gasteiger partial charge in [-0.2, -0.15) is 5.10 Å². The van der Waals surface area contributed by atoms with Crippen molar-refractivity contribution in [1.29, 1.82) is 0 Å². The second-order valence-electron chi connectivity index (χ2n) is 7.75. The average Bonchev–Trinajstić information content (AvgIpc) is 3.57. The molecule has 0 saturated heterocycles. The number of pyridine rings is 2. The van der Waals surface area contributed by atoms with E-state index >= 15 is 0 Å². The maximum Gasteiger partial charge on any atom is 0.312 e. The first-order valence-electron chi connectivity index (χ1n) is 10.3. The topological polar surface area (TPSA) is 118 Å². The lowest BCUT2D eigenvalue weighted by Gasteiger charge is -2.32. The van der Waals surface area contributed by atoms with Crippen LogP contribution in [0.25, 0.3) is 17.1 Å². The summed E-state index contributed by atoms with van der Waals surface area (Å²) in [6.07, 6.45) is 3.80. The molecular weight excluding hydrogens is 427 g/mol. The summed E-state index contributed by atoms with van der Waals surface area (Å²) in [5.74, 6) is -0.866. The lowest BCUT2D eigenvalue weighted by molar-refractivity contribution is 0.0646. The highest BCUT2D eigenvalue weighted by Crippen LogP contribution is 2.34. The van der Waals surface area contributed by atoms with Crippen LogP contribution < -0.4 is 0 Å². The summed E-state index contributed by atoms with van der Waals surface area (Å²) in [6, 6.07) is 9.33. The Kier molecular flexibility index (Phi) is 4.28. The number of imidazole rings is 1. The standard InChI is InChI=1S/C22H17FN8O2/c1-12-4-2-6-15(26-12)20-27-28-21(33-20)22(32)30-9-7-14-18(25-11-24-14)19(30)16-10-17-13(23)5-3-8-31(17)29-16/h2-6,8,10-11,19H,7,9H2,1H3,(H,24,25)/t19-/m1/s1. The molecule has 5 aromatic heterocycles. The maximum atomic E-state index is 14.3. The Morgan fingerprint density at radius 1 is 1.24 bits per heavy atom. The van der Waals surface area contributed by atoms with Crippen LogP contribution in [0.1, 0.15) is 39.5 Å². The largest absolute Gasteiger partial charge is 0.411 e. The molecule has 0 radical (unpaired) electrons. The number of rotatable bonds is 3. The van der Waals surface area contributed by atoms with Gasteiger partial charge < -0.3 is 14.3 Å². The van der Waals surface area contributed by atoms with Gasteiger partial charge in [-0.05, 0) is 37.3 Å². The van der Waals surface area contributed by atoms with E-state index in [1.54, 1.807) is 35.6 Å². The number of aromatic amines is 1. The average molecular weight is 444 g/mol. The van der Waals surface area contributed by atoms with Crippen molar-refractivity contribution in [2.24, 2.45) is 0 Å². The van der Waals surface area contributed by atoms with Gasteiger partial charge in [0, 0.05) is 30.6 Å². The first-order valence-corrected chi connectivity index (χ1v) is 10.3. The minimum Gasteiger partial charge on any atom is -0.411 e. The minimum atomic E-state index is -0.640. The summed E-state index contributed by atoms with van der Waals surface area (Å²) >= 11 is 0. The van der Waals surface area contributed by atoms with Crippen LogP contribution in [-0.2, 0) is 6.42 Å². The van der Waals surface area contributed by atoms with Gasteiger partial charge in [-0.3, -0.25) is 4.79 Å². The number of halogens is 1. The van der Waals surface area contributed by atoms with Gasteiger partial charge in [-0.25, -0.2) is 18.9 Å². The zero-order valence-electron chi connectivity index (χ0n) is 17.4. The van der Waals surface area contributed by atoms with Gasteiger partial charge >= 0.3 is 11.8 Å². The second-order valence-corrected chi connectivity index (χ2v) is 7.75. The number of carbonyl (C=O) groups excluding carboxylic acids is 1. The molecule has 1 amide bonds. The van der Waals surface area contributed by atoms with Gasteiger partial charge in [0.2, 0.25) is 0 Å². The van der Waals surface area contributed by atoms with Crippen molar-refractivity contribution < 1.29 is 13.6 Å². The fourth-order valence-electron chi connectivity index (χ4n) is 4.13. The molecular formula is C22H17FN8O2. The third-order valence-electron chi connectivity index (χ3n) is 5.65. The highest BCUT2D eigenvalue weighted by Gasteiger charge is 2.38. The minimum absolute atomic E-state index is 0.158.